The molecule has 0 unspecified atom stereocenters. The molecule has 0 bridgehead atoms. The Morgan fingerprint density at radius 2 is 1.54 bits per heavy atom. The number of carboxylic acids is 2. The van der Waals surface area contributed by atoms with Gasteiger partial charge in [-0.15, -0.1) is 0 Å². The number of hydrogen-bond donors (Lipinski definition) is 2. The molecule has 0 aliphatic heterocycles. The van der Waals surface area contributed by atoms with E-state index in [9.17, 15) is 9.59 Å². The minimum Gasteiger partial charge on any atom is -1.00 e. The molecule has 0 spiro atoms. The van der Waals surface area contributed by atoms with Gasteiger partial charge in [0.1, 0.15) is 11.4 Å². The van der Waals surface area contributed by atoms with Crippen molar-refractivity contribution in [3.63, 3.8) is 0 Å². The number of rotatable bonds is 2. The second kappa shape index (κ2) is 5.16. The normalized spacial score (nSPS) is 8.62. The zero-order chi connectivity index (χ0) is 9.14. The molecule has 0 amide bonds. The predicted molar refractivity (Wildman–Crippen MR) is 46.1 cm³/mol. The quantitative estimate of drug-likeness (QED) is 0.685. The number of carbonyl (C=O) groups is 2. The molecule has 2 N–H and O–H groups in total. The fourth-order valence-corrected chi connectivity index (χ4v) is 0.673. The smallest absolute Gasteiger partial charge is 1.00 e. The Hall–Kier alpha value is -0.650. The van der Waals surface area contributed by atoms with Crippen LogP contribution in [-0.4, -0.2) is 64.9 Å². The fourth-order valence-electron chi connectivity index (χ4n) is 0.673. The van der Waals surface area contributed by atoms with Crippen LogP contribution in [0.5, 0.6) is 0 Å². The molecular formula is C7H7CaNO4. The Balaban J connectivity index is -0.000000480. The third-order valence-electron chi connectivity index (χ3n) is 1.19. The topological polar surface area (TPSA) is 87.5 Å². The summed E-state index contributed by atoms with van der Waals surface area (Å²) >= 11 is 0. The van der Waals surface area contributed by atoms with Gasteiger partial charge in [0.25, 0.3) is 0 Å². The van der Waals surface area contributed by atoms with Crippen molar-refractivity contribution in [3.05, 3.63) is 29.6 Å². The average molecular weight is 209 g/mol. The summed E-state index contributed by atoms with van der Waals surface area (Å²) in [5.41, 5.74) is -0.537. The van der Waals surface area contributed by atoms with E-state index >= 15 is 0 Å². The van der Waals surface area contributed by atoms with Gasteiger partial charge in [-0.1, -0.05) is 6.07 Å². The minimum atomic E-state index is -1.24. The van der Waals surface area contributed by atoms with Gasteiger partial charge in [0, 0.05) is 0 Å². The zero-order valence-corrected chi connectivity index (χ0v) is 8.81. The molecule has 0 atom stereocenters. The van der Waals surface area contributed by atoms with E-state index in [2.05, 4.69) is 4.98 Å². The van der Waals surface area contributed by atoms with Gasteiger partial charge < -0.3 is 13.1 Å². The molecule has 0 fully saturated rings. The number of aromatic carboxylic acids is 2. The first-order valence-corrected chi connectivity index (χ1v) is 3.05. The molecule has 1 aromatic heterocycles. The second-order valence-electron chi connectivity index (χ2n) is 2.02. The maximum absolute atomic E-state index is 10.3. The van der Waals surface area contributed by atoms with Gasteiger partial charge in [-0.25, -0.2) is 14.6 Å². The van der Waals surface area contributed by atoms with E-state index in [1.54, 1.807) is 0 Å². The third kappa shape index (κ3) is 3.30. The Bertz CT molecular complexity index is 318. The first-order valence-electron chi connectivity index (χ1n) is 3.05. The van der Waals surface area contributed by atoms with Gasteiger partial charge in [0.15, 0.2) is 0 Å². The van der Waals surface area contributed by atoms with Crippen LogP contribution in [0.2, 0.25) is 0 Å². The maximum atomic E-state index is 10.3. The number of carboxylic acid groups (broad SMARTS) is 2. The molecule has 0 aliphatic rings. The summed E-state index contributed by atoms with van der Waals surface area (Å²) in [6.45, 7) is 0. The summed E-state index contributed by atoms with van der Waals surface area (Å²) in [6, 6.07) is 3.80. The molecule has 0 aromatic carbocycles. The second-order valence-corrected chi connectivity index (χ2v) is 2.02. The Kier molecular flexibility index (Phi) is 4.90. The number of pyridine rings is 1. The molecule has 0 aliphatic carbocycles. The van der Waals surface area contributed by atoms with E-state index < -0.39 is 11.9 Å². The van der Waals surface area contributed by atoms with Crippen molar-refractivity contribution in [3.8, 4) is 0 Å². The van der Waals surface area contributed by atoms with Gasteiger partial charge in [-0.05, 0) is 12.1 Å². The van der Waals surface area contributed by atoms with E-state index in [-0.39, 0.29) is 52.0 Å². The van der Waals surface area contributed by atoms with E-state index in [1.165, 1.54) is 18.2 Å². The van der Waals surface area contributed by atoms with Crippen molar-refractivity contribution >= 4 is 49.7 Å². The molecule has 5 nitrogen and oxygen atoms in total. The van der Waals surface area contributed by atoms with E-state index in [0.29, 0.717) is 0 Å². The molecule has 13 heavy (non-hydrogen) atoms. The van der Waals surface area contributed by atoms with Gasteiger partial charge in [0.05, 0.1) is 0 Å². The molecule has 0 saturated heterocycles. The van der Waals surface area contributed by atoms with Crippen molar-refractivity contribution in [2.75, 3.05) is 0 Å². The summed E-state index contributed by atoms with van der Waals surface area (Å²) in [5, 5.41) is 16.9. The average Bonchev–Trinajstić information content (AvgIpc) is 2.04. The number of nitrogens with zero attached hydrogens (tertiary/aromatic N) is 1. The van der Waals surface area contributed by atoms with Crippen molar-refractivity contribution in [2.24, 2.45) is 0 Å². The van der Waals surface area contributed by atoms with E-state index in [0.717, 1.165) is 0 Å². The SMILES string of the molecule is O=C(O)c1cccc(C(=O)O)n1.[Ca+2].[H-].[H-]. The summed E-state index contributed by atoms with van der Waals surface area (Å²) in [5.74, 6) is -2.48. The van der Waals surface area contributed by atoms with Crippen molar-refractivity contribution < 1.29 is 22.7 Å². The first-order chi connectivity index (χ1) is 5.61. The Morgan fingerprint density at radius 1 is 1.15 bits per heavy atom. The third-order valence-corrected chi connectivity index (χ3v) is 1.19. The van der Waals surface area contributed by atoms with Gasteiger partial charge in [-0.2, -0.15) is 0 Å². The minimum absolute atomic E-state index is 0. The molecule has 6 heteroatoms. The van der Waals surface area contributed by atoms with Crippen molar-refractivity contribution in [1.82, 2.24) is 4.98 Å². The van der Waals surface area contributed by atoms with Gasteiger partial charge in [0.2, 0.25) is 0 Å². The Morgan fingerprint density at radius 3 is 1.85 bits per heavy atom. The molecule has 1 heterocycles. The zero-order valence-electron chi connectivity index (χ0n) is 8.60. The molecule has 1 rings (SSSR count). The van der Waals surface area contributed by atoms with Gasteiger partial charge >= 0.3 is 49.7 Å². The van der Waals surface area contributed by atoms with Crippen molar-refractivity contribution in [2.45, 2.75) is 0 Å². The van der Waals surface area contributed by atoms with Crippen LogP contribution in [0.1, 0.15) is 23.8 Å². The van der Waals surface area contributed by atoms with Crippen LogP contribution in [0.3, 0.4) is 0 Å². The van der Waals surface area contributed by atoms with E-state index in [4.69, 9.17) is 10.2 Å². The molecular weight excluding hydrogens is 202 g/mol. The van der Waals surface area contributed by atoms with Crippen LogP contribution in [0.4, 0.5) is 0 Å². The number of hydrogen-bond acceptors (Lipinski definition) is 3. The Labute approximate surface area is 106 Å². The molecule has 0 saturated carbocycles. The van der Waals surface area contributed by atoms with Crippen molar-refractivity contribution in [1.29, 1.82) is 0 Å². The number of aromatic nitrogens is 1. The van der Waals surface area contributed by atoms with Crippen LogP contribution in [0.25, 0.3) is 0 Å². The molecule has 1 aromatic rings. The predicted octanol–water partition coefficient (Wildman–Crippen LogP) is 0.322. The van der Waals surface area contributed by atoms with Crippen LogP contribution < -0.4 is 0 Å². The van der Waals surface area contributed by atoms with Crippen LogP contribution >= 0.6 is 0 Å². The fraction of sp³-hybridized carbons (Fsp3) is 0. The summed E-state index contributed by atoms with van der Waals surface area (Å²) in [7, 11) is 0. The first kappa shape index (κ1) is 12.3. The monoisotopic (exact) mass is 209 g/mol. The summed E-state index contributed by atoms with van der Waals surface area (Å²) in [4.78, 5) is 24.0. The molecule has 66 valence electrons. The van der Waals surface area contributed by atoms with Crippen LogP contribution in [-0.2, 0) is 0 Å². The van der Waals surface area contributed by atoms with Gasteiger partial charge in [-0.3, -0.25) is 0 Å². The summed E-state index contributed by atoms with van der Waals surface area (Å²) in [6.07, 6.45) is 0. The largest absolute Gasteiger partial charge is 2.00 e. The maximum Gasteiger partial charge on any atom is 2.00 e. The van der Waals surface area contributed by atoms with Crippen LogP contribution in [0.15, 0.2) is 18.2 Å². The summed E-state index contributed by atoms with van der Waals surface area (Å²) < 4.78 is 0. The standard InChI is InChI=1S/C7H5NO4.Ca.2H/c9-6(10)4-2-1-3-5(8-4)7(11)12;;;/h1-3H,(H,9,10)(H,11,12);;;/q;+2;2*-1. The molecule has 0 radical (unpaired) electrons. The van der Waals surface area contributed by atoms with E-state index in [1.807, 2.05) is 0 Å². The van der Waals surface area contributed by atoms with Crippen LogP contribution in [0, 0.1) is 0 Å².